The molecule has 0 spiro atoms. The van der Waals surface area contributed by atoms with E-state index in [4.69, 9.17) is 0 Å². The van der Waals surface area contributed by atoms with Gasteiger partial charge in [0.2, 0.25) is 5.91 Å². The zero-order valence-corrected chi connectivity index (χ0v) is 15.3. The van der Waals surface area contributed by atoms with Crippen LogP contribution in [0.25, 0.3) is 0 Å². The van der Waals surface area contributed by atoms with Crippen LogP contribution in [0.3, 0.4) is 0 Å². The molecule has 0 aliphatic carbocycles. The van der Waals surface area contributed by atoms with Gasteiger partial charge in [0.05, 0.1) is 18.4 Å². The van der Waals surface area contributed by atoms with Crippen LogP contribution in [0.2, 0.25) is 0 Å². The molecule has 1 aliphatic rings. The van der Waals surface area contributed by atoms with E-state index in [2.05, 4.69) is 15.4 Å². The second kappa shape index (κ2) is 6.59. The largest absolute Gasteiger partial charge is 0.382 e. The number of likely N-dealkylation sites (tertiary alicyclic amines) is 1. The zero-order valence-electron chi connectivity index (χ0n) is 15.3. The van der Waals surface area contributed by atoms with Crippen LogP contribution >= 0.6 is 0 Å². The SMILES string of the molecule is Cc1cc(C)n(CC(=O)N2CCC[C@](O)(c3cn(C(C)C)nn3)C2)n1. The highest BCUT2D eigenvalue weighted by atomic mass is 16.3. The first-order chi connectivity index (χ1) is 11.8. The standard InChI is InChI=1S/C17H26N6O2/c1-12(2)22-9-15(18-20-22)17(25)6-5-7-21(11-17)16(24)10-23-14(4)8-13(3)19-23/h8-9,12,25H,5-7,10-11H2,1-4H3/t17-/m1/s1. The van der Waals surface area contributed by atoms with Crippen LogP contribution in [-0.2, 0) is 16.9 Å². The third-order valence-corrected chi connectivity index (χ3v) is 4.73. The maximum Gasteiger partial charge on any atom is 0.244 e. The van der Waals surface area contributed by atoms with Gasteiger partial charge in [-0.1, -0.05) is 5.21 Å². The van der Waals surface area contributed by atoms with E-state index in [1.54, 1.807) is 20.5 Å². The molecule has 1 N–H and O–H groups in total. The maximum atomic E-state index is 12.7. The van der Waals surface area contributed by atoms with Gasteiger partial charge in [-0.2, -0.15) is 5.10 Å². The van der Waals surface area contributed by atoms with Gasteiger partial charge in [-0.25, -0.2) is 4.68 Å². The number of carbonyl (C=O) groups excluding carboxylic acids is 1. The quantitative estimate of drug-likeness (QED) is 0.898. The summed E-state index contributed by atoms with van der Waals surface area (Å²) in [5.74, 6) is -0.0411. The minimum atomic E-state index is -1.14. The highest BCUT2D eigenvalue weighted by Crippen LogP contribution is 2.30. The summed E-state index contributed by atoms with van der Waals surface area (Å²) in [5.41, 5.74) is 1.24. The Balaban J connectivity index is 1.73. The Kier molecular flexibility index (Phi) is 4.64. The fourth-order valence-corrected chi connectivity index (χ4v) is 3.26. The van der Waals surface area contributed by atoms with E-state index in [0.29, 0.717) is 18.7 Å². The first-order valence-electron chi connectivity index (χ1n) is 8.72. The van der Waals surface area contributed by atoms with Gasteiger partial charge in [0, 0.05) is 18.3 Å². The molecule has 0 bridgehead atoms. The lowest BCUT2D eigenvalue weighted by molar-refractivity contribution is -0.140. The predicted octanol–water partition coefficient (Wildman–Crippen LogP) is 1.18. The summed E-state index contributed by atoms with van der Waals surface area (Å²) < 4.78 is 3.43. The number of β-amino-alcohol motifs (C(OH)–C–C–N with tert-alkyl or cyclic N) is 1. The Morgan fingerprint density at radius 1 is 1.40 bits per heavy atom. The molecule has 0 aromatic carbocycles. The molecule has 1 amide bonds. The molecule has 1 aliphatic heterocycles. The van der Waals surface area contributed by atoms with E-state index in [-0.39, 0.29) is 25.0 Å². The summed E-state index contributed by atoms with van der Waals surface area (Å²) in [6.45, 7) is 8.92. The lowest BCUT2D eigenvalue weighted by Gasteiger charge is -2.38. The van der Waals surface area contributed by atoms with Crippen molar-refractivity contribution in [2.75, 3.05) is 13.1 Å². The molecule has 8 heteroatoms. The summed E-state index contributed by atoms with van der Waals surface area (Å²) in [4.78, 5) is 14.4. The second-order valence-corrected chi connectivity index (χ2v) is 7.21. The van der Waals surface area contributed by atoms with Crippen molar-refractivity contribution in [1.82, 2.24) is 29.7 Å². The van der Waals surface area contributed by atoms with Gasteiger partial charge in [0.15, 0.2) is 0 Å². The topological polar surface area (TPSA) is 89.1 Å². The summed E-state index contributed by atoms with van der Waals surface area (Å²) in [7, 11) is 0. The molecule has 2 aromatic rings. The van der Waals surface area contributed by atoms with Gasteiger partial charge in [-0.05, 0) is 46.6 Å². The van der Waals surface area contributed by atoms with Gasteiger partial charge in [-0.15, -0.1) is 5.10 Å². The highest BCUT2D eigenvalue weighted by molar-refractivity contribution is 5.76. The fraction of sp³-hybridized carbons (Fsp3) is 0.647. The number of hydrogen-bond acceptors (Lipinski definition) is 5. The Labute approximate surface area is 147 Å². The number of hydrogen-bond donors (Lipinski definition) is 1. The molecule has 0 radical (unpaired) electrons. The third-order valence-electron chi connectivity index (χ3n) is 4.73. The Morgan fingerprint density at radius 2 is 2.16 bits per heavy atom. The van der Waals surface area contributed by atoms with Crippen molar-refractivity contribution >= 4 is 5.91 Å². The van der Waals surface area contributed by atoms with E-state index in [9.17, 15) is 9.90 Å². The first kappa shape index (κ1) is 17.6. The normalized spacial score (nSPS) is 21.1. The molecule has 25 heavy (non-hydrogen) atoms. The average Bonchev–Trinajstić information content (AvgIpc) is 3.15. The number of rotatable bonds is 4. The molecule has 2 aromatic heterocycles. The number of carbonyl (C=O) groups is 1. The lowest BCUT2D eigenvalue weighted by atomic mass is 9.90. The molecular weight excluding hydrogens is 320 g/mol. The molecule has 1 atom stereocenters. The molecular formula is C17H26N6O2. The summed E-state index contributed by atoms with van der Waals surface area (Å²) >= 11 is 0. The molecule has 0 unspecified atom stereocenters. The monoisotopic (exact) mass is 346 g/mol. The summed E-state index contributed by atoms with van der Waals surface area (Å²) in [6.07, 6.45) is 3.08. The highest BCUT2D eigenvalue weighted by Gasteiger charge is 2.39. The van der Waals surface area contributed by atoms with E-state index >= 15 is 0 Å². The maximum absolute atomic E-state index is 12.7. The molecule has 1 saturated heterocycles. The minimum Gasteiger partial charge on any atom is -0.382 e. The van der Waals surface area contributed by atoms with Gasteiger partial charge in [0.25, 0.3) is 0 Å². The lowest BCUT2D eigenvalue weighted by Crippen LogP contribution is -2.49. The van der Waals surface area contributed by atoms with E-state index < -0.39 is 5.60 Å². The van der Waals surface area contributed by atoms with E-state index in [1.165, 1.54) is 0 Å². The zero-order chi connectivity index (χ0) is 18.2. The van der Waals surface area contributed by atoms with Crippen LogP contribution in [-0.4, -0.2) is 53.8 Å². The minimum absolute atomic E-state index is 0.0411. The van der Waals surface area contributed by atoms with Gasteiger partial charge >= 0.3 is 0 Å². The van der Waals surface area contributed by atoms with Crippen LogP contribution < -0.4 is 0 Å². The molecule has 1 fully saturated rings. The Hall–Kier alpha value is -2.22. The van der Waals surface area contributed by atoms with Crippen LogP contribution in [0, 0.1) is 13.8 Å². The van der Waals surface area contributed by atoms with Crippen molar-refractivity contribution in [3.63, 3.8) is 0 Å². The van der Waals surface area contributed by atoms with Crippen molar-refractivity contribution in [2.45, 2.75) is 58.7 Å². The van der Waals surface area contributed by atoms with E-state index in [1.807, 2.05) is 33.8 Å². The smallest absolute Gasteiger partial charge is 0.244 e. The number of piperidine rings is 1. The van der Waals surface area contributed by atoms with Gasteiger partial charge in [0.1, 0.15) is 17.8 Å². The summed E-state index contributed by atoms with van der Waals surface area (Å²) in [5, 5.41) is 23.6. The van der Waals surface area contributed by atoms with Crippen molar-refractivity contribution in [3.05, 3.63) is 29.3 Å². The molecule has 136 valence electrons. The molecule has 3 heterocycles. The van der Waals surface area contributed by atoms with Gasteiger partial charge in [-0.3, -0.25) is 9.48 Å². The average molecular weight is 346 g/mol. The number of amides is 1. The first-order valence-corrected chi connectivity index (χ1v) is 8.72. The Bertz CT molecular complexity index is 765. The van der Waals surface area contributed by atoms with E-state index in [0.717, 1.165) is 17.8 Å². The second-order valence-electron chi connectivity index (χ2n) is 7.21. The van der Waals surface area contributed by atoms with Crippen LogP contribution in [0.4, 0.5) is 0 Å². The predicted molar refractivity (Wildman–Crippen MR) is 91.8 cm³/mol. The fourth-order valence-electron chi connectivity index (χ4n) is 3.26. The van der Waals surface area contributed by atoms with Crippen LogP contribution in [0.1, 0.15) is 49.8 Å². The van der Waals surface area contributed by atoms with Crippen LogP contribution in [0.5, 0.6) is 0 Å². The van der Waals surface area contributed by atoms with Gasteiger partial charge < -0.3 is 10.0 Å². The number of aromatic nitrogens is 5. The Morgan fingerprint density at radius 3 is 2.76 bits per heavy atom. The van der Waals surface area contributed by atoms with Crippen molar-refractivity contribution < 1.29 is 9.90 Å². The summed E-state index contributed by atoms with van der Waals surface area (Å²) in [6, 6.07) is 2.13. The van der Waals surface area contributed by atoms with Crippen LogP contribution in [0.15, 0.2) is 12.3 Å². The van der Waals surface area contributed by atoms with Crippen molar-refractivity contribution in [2.24, 2.45) is 0 Å². The third kappa shape index (κ3) is 3.58. The molecule has 8 nitrogen and oxygen atoms in total. The number of aliphatic hydroxyl groups is 1. The number of aryl methyl sites for hydroxylation is 2. The van der Waals surface area contributed by atoms with Crippen molar-refractivity contribution in [3.8, 4) is 0 Å². The molecule has 3 rings (SSSR count). The number of nitrogens with zero attached hydrogens (tertiary/aromatic N) is 6. The van der Waals surface area contributed by atoms with Crippen molar-refractivity contribution in [1.29, 1.82) is 0 Å². The molecule has 0 saturated carbocycles.